The summed E-state index contributed by atoms with van der Waals surface area (Å²) in [5.74, 6) is 2.54. The highest BCUT2D eigenvalue weighted by atomic mass is 127. The molecule has 2 N–H and O–H groups in total. The molecule has 158 valence electrons. The van der Waals surface area contributed by atoms with E-state index >= 15 is 0 Å². The van der Waals surface area contributed by atoms with Crippen LogP contribution < -0.4 is 20.3 Å². The monoisotopic (exact) mass is 518 g/mol. The van der Waals surface area contributed by atoms with Crippen LogP contribution in [0.4, 0.5) is 5.69 Å². The van der Waals surface area contributed by atoms with Gasteiger partial charge >= 0.3 is 0 Å². The Kier molecular flexibility index (Phi) is 10.0. The molecule has 3 atom stereocenters. The fraction of sp³-hybridized carbons (Fsp3) is 0.667. The summed E-state index contributed by atoms with van der Waals surface area (Å²) in [6.07, 6.45) is 7.21. The molecule has 3 rings (SSSR count). The van der Waals surface area contributed by atoms with Gasteiger partial charge in [0.05, 0.1) is 12.8 Å². The van der Waals surface area contributed by atoms with E-state index in [4.69, 9.17) is 9.73 Å². The van der Waals surface area contributed by atoms with Crippen LogP contribution in [0.15, 0.2) is 29.3 Å². The van der Waals surface area contributed by atoms with Gasteiger partial charge in [0.1, 0.15) is 5.75 Å². The summed E-state index contributed by atoms with van der Waals surface area (Å²) >= 11 is 2.00. The Hall–Kier alpha value is -0.830. The molecule has 1 aliphatic carbocycles. The first-order valence-electron chi connectivity index (χ1n) is 10.2. The lowest BCUT2D eigenvalue weighted by Gasteiger charge is -2.21. The number of anilines is 1. The summed E-state index contributed by atoms with van der Waals surface area (Å²) in [7, 11) is 1.75. The lowest BCUT2D eigenvalue weighted by atomic mass is 10.1. The van der Waals surface area contributed by atoms with Crippen LogP contribution in [0.1, 0.15) is 32.6 Å². The minimum atomic E-state index is 0. The summed E-state index contributed by atoms with van der Waals surface area (Å²) in [5, 5.41) is 7.88. The average Bonchev–Trinajstić information content (AvgIpc) is 3.35. The number of ether oxygens (including phenoxy) is 1. The largest absolute Gasteiger partial charge is 0.495 e. The van der Waals surface area contributed by atoms with Crippen molar-refractivity contribution in [2.75, 3.05) is 44.4 Å². The predicted octanol–water partition coefficient (Wildman–Crippen LogP) is 3.98. The summed E-state index contributed by atoms with van der Waals surface area (Å²) in [6.45, 7) is 6.03. The van der Waals surface area contributed by atoms with Gasteiger partial charge < -0.3 is 20.3 Å². The lowest BCUT2D eigenvalue weighted by molar-refractivity contribution is 0.414. The highest BCUT2D eigenvalue weighted by Gasteiger charge is 2.26. The number of hydrogen-bond donors (Lipinski definition) is 2. The fourth-order valence-electron chi connectivity index (χ4n) is 4.11. The van der Waals surface area contributed by atoms with Crippen LogP contribution in [0.5, 0.6) is 5.75 Å². The van der Waals surface area contributed by atoms with Crippen LogP contribution in [-0.4, -0.2) is 56.8 Å². The van der Waals surface area contributed by atoms with Crippen LogP contribution in [0.3, 0.4) is 0 Å². The van der Waals surface area contributed by atoms with Gasteiger partial charge in [0.2, 0.25) is 0 Å². The Morgan fingerprint density at radius 2 is 2.11 bits per heavy atom. The molecule has 1 aromatic carbocycles. The number of nitrogens with zero attached hydrogens (tertiary/aromatic N) is 2. The molecule has 1 aliphatic heterocycles. The van der Waals surface area contributed by atoms with Crippen molar-refractivity contribution in [3.05, 3.63) is 24.3 Å². The quantitative estimate of drug-likeness (QED) is 0.325. The van der Waals surface area contributed by atoms with Crippen molar-refractivity contribution in [1.29, 1.82) is 0 Å². The third-order valence-electron chi connectivity index (χ3n) is 5.62. The first kappa shape index (κ1) is 23.4. The maximum Gasteiger partial charge on any atom is 0.191 e. The number of benzene rings is 1. The van der Waals surface area contributed by atoms with E-state index in [-0.39, 0.29) is 24.0 Å². The molecular weight excluding hydrogens is 483 g/mol. The number of guanidine groups is 1. The van der Waals surface area contributed by atoms with Gasteiger partial charge in [0, 0.05) is 37.5 Å². The Balaban J connectivity index is 0.00000280. The van der Waals surface area contributed by atoms with Gasteiger partial charge in [0.25, 0.3) is 0 Å². The van der Waals surface area contributed by atoms with Crippen molar-refractivity contribution in [1.82, 2.24) is 10.6 Å². The van der Waals surface area contributed by atoms with E-state index in [1.165, 1.54) is 31.4 Å². The van der Waals surface area contributed by atoms with Gasteiger partial charge in [0.15, 0.2) is 5.96 Å². The van der Waals surface area contributed by atoms with E-state index in [9.17, 15) is 0 Å². The molecule has 1 saturated heterocycles. The van der Waals surface area contributed by atoms with Crippen LogP contribution in [0.25, 0.3) is 0 Å². The Morgan fingerprint density at radius 3 is 2.82 bits per heavy atom. The number of aliphatic imine (C=N–C) groups is 1. The molecule has 1 saturated carbocycles. The molecule has 0 spiro atoms. The lowest BCUT2D eigenvalue weighted by Crippen LogP contribution is -2.43. The Labute approximate surface area is 191 Å². The molecular formula is C21H35IN4OS. The molecule has 0 bridgehead atoms. The number of thioether (sulfide) groups is 1. The molecule has 0 aromatic heterocycles. The molecule has 2 fully saturated rings. The van der Waals surface area contributed by atoms with Gasteiger partial charge in [-0.3, -0.25) is 4.99 Å². The average molecular weight is 519 g/mol. The first-order chi connectivity index (χ1) is 13.2. The van der Waals surface area contributed by atoms with E-state index in [0.29, 0.717) is 12.0 Å². The predicted molar refractivity (Wildman–Crippen MR) is 133 cm³/mol. The highest BCUT2D eigenvalue weighted by molar-refractivity contribution is 14.0. The van der Waals surface area contributed by atoms with Crippen molar-refractivity contribution in [3.63, 3.8) is 0 Å². The summed E-state index contributed by atoms with van der Waals surface area (Å²) in [6, 6.07) is 8.86. The van der Waals surface area contributed by atoms with E-state index < -0.39 is 0 Å². The SMILES string of the molecule is CCNC(=NCC1CCN(c2ccccc2OC)C1)NC1CCC(SC)C1.I. The Bertz CT molecular complexity index is 630. The minimum absolute atomic E-state index is 0. The van der Waals surface area contributed by atoms with Gasteiger partial charge in [-0.05, 0) is 56.9 Å². The van der Waals surface area contributed by atoms with Gasteiger partial charge in [-0.1, -0.05) is 12.1 Å². The molecule has 28 heavy (non-hydrogen) atoms. The third-order valence-corrected chi connectivity index (χ3v) is 6.72. The normalized spacial score (nSPS) is 24.8. The molecule has 0 amide bonds. The Morgan fingerprint density at radius 1 is 1.29 bits per heavy atom. The number of para-hydroxylation sites is 2. The van der Waals surface area contributed by atoms with Crippen molar-refractivity contribution >= 4 is 47.4 Å². The minimum Gasteiger partial charge on any atom is -0.495 e. The number of methoxy groups -OCH3 is 1. The van der Waals surface area contributed by atoms with E-state index in [1.54, 1.807) is 7.11 Å². The highest BCUT2D eigenvalue weighted by Crippen LogP contribution is 2.32. The second-order valence-corrected chi connectivity index (χ2v) is 8.64. The number of hydrogen-bond acceptors (Lipinski definition) is 4. The van der Waals surface area contributed by atoms with Crippen molar-refractivity contribution in [2.24, 2.45) is 10.9 Å². The van der Waals surface area contributed by atoms with Crippen molar-refractivity contribution < 1.29 is 4.74 Å². The van der Waals surface area contributed by atoms with Gasteiger partial charge in [-0.25, -0.2) is 0 Å². The summed E-state index contributed by atoms with van der Waals surface area (Å²) < 4.78 is 5.52. The van der Waals surface area contributed by atoms with Crippen LogP contribution >= 0.6 is 35.7 Å². The van der Waals surface area contributed by atoms with Crippen LogP contribution in [0, 0.1) is 5.92 Å². The fourth-order valence-corrected chi connectivity index (χ4v) is 4.91. The maximum absolute atomic E-state index is 5.52. The molecule has 0 radical (unpaired) electrons. The zero-order valence-electron chi connectivity index (χ0n) is 17.3. The second kappa shape index (κ2) is 12.0. The summed E-state index contributed by atoms with van der Waals surface area (Å²) in [5.41, 5.74) is 1.20. The van der Waals surface area contributed by atoms with Gasteiger partial charge in [-0.15, -0.1) is 24.0 Å². The number of rotatable bonds is 7. The maximum atomic E-state index is 5.52. The van der Waals surface area contributed by atoms with E-state index in [0.717, 1.165) is 43.1 Å². The van der Waals surface area contributed by atoms with Gasteiger partial charge in [-0.2, -0.15) is 11.8 Å². The molecule has 3 unspecified atom stereocenters. The molecule has 1 heterocycles. The number of halogens is 1. The summed E-state index contributed by atoms with van der Waals surface area (Å²) in [4.78, 5) is 7.34. The van der Waals surface area contributed by atoms with Crippen LogP contribution in [-0.2, 0) is 0 Å². The molecule has 5 nitrogen and oxygen atoms in total. The van der Waals surface area contributed by atoms with Crippen molar-refractivity contribution in [3.8, 4) is 5.75 Å². The molecule has 7 heteroatoms. The zero-order chi connectivity index (χ0) is 19.1. The first-order valence-corrected chi connectivity index (χ1v) is 11.5. The van der Waals surface area contributed by atoms with E-state index in [1.807, 2.05) is 23.9 Å². The van der Waals surface area contributed by atoms with Crippen molar-refractivity contribution in [2.45, 2.75) is 43.9 Å². The topological polar surface area (TPSA) is 48.9 Å². The second-order valence-electron chi connectivity index (χ2n) is 7.50. The molecule has 2 aliphatic rings. The number of nitrogens with one attached hydrogen (secondary N) is 2. The van der Waals surface area contributed by atoms with E-state index in [2.05, 4.69) is 40.8 Å². The smallest absolute Gasteiger partial charge is 0.191 e. The molecule has 1 aromatic rings. The third kappa shape index (κ3) is 6.34. The standard InChI is InChI=1S/C21H34N4OS.HI/c1-4-22-21(24-17-9-10-18(13-17)27-3)23-14-16-11-12-25(15-16)19-7-5-6-8-20(19)26-2;/h5-8,16-18H,4,9-15H2,1-3H3,(H2,22,23,24);1H. The zero-order valence-corrected chi connectivity index (χ0v) is 20.5. The van der Waals surface area contributed by atoms with Crippen LogP contribution in [0.2, 0.25) is 0 Å².